The fourth-order valence-electron chi connectivity index (χ4n) is 2.35. The van der Waals surface area contributed by atoms with Gasteiger partial charge in [-0.25, -0.2) is 0 Å². The number of nitro groups is 1. The van der Waals surface area contributed by atoms with Gasteiger partial charge >= 0.3 is 0 Å². The fourth-order valence-corrected chi connectivity index (χ4v) is 2.35. The Morgan fingerprint density at radius 1 is 1.04 bits per heavy atom. The molecule has 1 unspecified atom stereocenters. The number of phenols is 1. The van der Waals surface area contributed by atoms with Crippen molar-refractivity contribution < 1.29 is 19.6 Å². The molecule has 0 aliphatic heterocycles. The molecule has 7 nitrogen and oxygen atoms in total. The van der Waals surface area contributed by atoms with Gasteiger partial charge in [0.1, 0.15) is 17.2 Å². The molecule has 0 saturated carbocycles. The van der Waals surface area contributed by atoms with E-state index in [9.17, 15) is 20.0 Å². The molecule has 2 aromatic rings. The van der Waals surface area contributed by atoms with Gasteiger partial charge in [-0.3, -0.25) is 14.9 Å². The monoisotopic (exact) mass is 364 g/mol. The molecular weight excluding hydrogens is 348 g/mol. The van der Waals surface area contributed by atoms with Crippen LogP contribution in [-0.4, -0.2) is 22.0 Å². The van der Waals surface area contributed by atoms with Crippen LogP contribution in [0.3, 0.4) is 0 Å². The predicted molar refractivity (Wildman–Crippen MR) is 100 cm³/mol. The number of carbonyl (C=O) groups excluding carboxylic acids is 1. The summed E-state index contributed by atoms with van der Waals surface area (Å²) in [6.07, 6.45) is 7.23. The number of nitrogens with one attached hydrogen (secondary N) is 1. The molecule has 2 aromatic carbocycles. The molecule has 136 valence electrons. The second-order valence-electron chi connectivity index (χ2n) is 5.72. The molecule has 0 bridgehead atoms. The lowest BCUT2D eigenvalue weighted by Crippen LogP contribution is -2.14. The van der Waals surface area contributed by atoms with Gasteiger partial charge in [-0.15, -0.1) is 0 Å². The van der Waals surface area contributed by atoms with Crippen molar-refractivity contribution in [1.29, 1.82) is 0 Å². The van der Waals surface area contributed by atoms with Crippen molar-refractivity contribution in [3.8, 4) is 17.2 Å². The zero-order valence-corrected chi connectivity index (χ0v) is 14.1. The maximum absolute atomic E-state index is 12.3. The summed E-state index contributed by atoms with van der Waals surface area (Å²) in [7, 11) is 0. The number of phenolic OH excluding ortho intramolecular Hbond substituents is 1. The zero-order chi connectivity index (χ0) is 19.2. The third-order valence-electron chi connectivity index (χ3n) is 3.75. The van der Waals surface area contributed by atoms with E-state index in [0.29, 0.717) is 22.8 Å². The number of nitrogens with zero attached hydrogens (tertiary/aromatic N) is 1. The molecule has 0 radical (unpaired) electrons. The molecule has 1 amide bonds. The summed E-state index contributed by atoms with van der Waals surface area (Å²) >= 11 is 0. The van der Waals surface area contributed by atoms with Gasteiger partial charge in [-0.05, 0) is 72.8 Å². The Balaban J connectivity index is 1.62. The third-order valence-corrected chi connectivity index (χ3v) is 3.75. The normalized spacial score (nSPS) is 15.6. The number of benzene rings is 2. The number of ether oxygens (including phenoxy) is 1. The number of carbonyl (C=O) groups is 1. The van der Waals surface area contributed by atoms with Crippen molar-refractivity contribution >= 4 is 11.6 Å². The van der Waals surface area contributed by atoms with Crippen LogP contribution in [-0.2, 0) is 4.79 Å². The maximum Gasteiger partial charge on any atom is 0.255 e. The van der Waals surface area contributed by atoms with E-state index in [1.54, 1.807) is 36.4 Å². The van der Waals surface area contributed by atoms with Crippen LogP contribution in [0.4, 0.5) is 5.69 Å². The molecule has 1 aliphatic carbocycles. The highest BCUT2D eigenvalue weighted by atomic mass is 16.6. The van der Waals surface area contributed by atoms with Crippen molar-refractivity contribution in [2.24, 2.45) is 0 Å². The summed E-state index contributed by atoms with van der Waals surface area (Å²) in [6.45, 7) is 0. The van der Waals surface area contributed by atoms with Crippen molar-refractivity contribution in [2.45, 2.75) is 6.04 Å². The van der Waals surface area contributed by atoms with Crippen molar-refractivity contribution in [3.05, 3.63) is 94.6 Å². The first-order valence-electron chi connectivity index (χ1n) is 8.10. The standard InChI is InChI=1S/C20H16N2O5/c23-17-8-12-19(13-9-17)27-18-10-5-15(6-11-18)21-20(24)14-2-1-3-16(7-4-14)22(25)26/h1-13,16,23H,(H,21,24). The number of hydrogen-bond acceptors (Lipinski definition) is 5. The molecule has 7 heteroatoms. The smallest absolute Gasteiger partial charge is 0.255 e. The Kier molecular flexibility index (Phi) is 5.32. The maximum atomic E-state index is 12.3. The molecule has 0 spiro atoms. The SMILES string of the molecule is O=C(Nc1ccc(Oc2ccc(O)cc2)cc1)C1=CC=CC([N+](=O)[O-])C=C1. The van der Waals surface area contributed by atoms with E-state index in [-0.39, 0.29) is 11.7 Å². The Hall–Kier alpha value is -3.87. The number of allylic oxidation sites excluding steroid dienone is 2. The summed E-state index contributed by atoms with van der Waals surface area (Å²) in [5.74, 6) is 0.934. The first-order chi connectivity index (χ1) is 13.0. The minimum absolute atomic E-state index is 0.154. The highest BCUT2D eigenvalue weighted by molar-refractivity contribution is 6.06. The van der Waals surface area contributed by atoms with E-state index in [4.69, 9.17) is 4.74 Å². The molecule has 1 atom stereocenters. The van der Waals surface area contributed by atoms with Crippen LogP contribution in [0.5, 0.6) is 17.2 Å². The van der Waals surface area contributed by atoms with Crippen LogP contribution >= 0.6 is 0 Å². The van der Waals surface area contributed by atoms with Crippen LogP contribution in [0.2, 0.25) is 0 Å². The summed E-state index contributed by atoms with van der Waals surface area (Å²) in [6, 6.07) is 12.1. The number of hydrogen-bond donors (Lipinski definition) is 2. The van der Waals surface area contributed by atoms with E-state index in [2.05, 4.69) is 5.32 Å². The molecule has 0 aromatic heterocycles. The minimum atomic E-state index is -0.942. The van der Waals surface area contributed by atoms with Crippen molar-refractivity contribution in [1.82, 2.24) is 0 Å². The summed E-state index contributed by atoms with van der Waals surface area (Å²) in [5, 5.41) is 22.8. The van der Waals surface area contributed by atoms with Crippen molar-refractivity contribution in [2.75, 3.05) is 5.32 Å². The Labute approximate surface area is 155 Å². The van der Waals surface area contributed by atoms with Gasteiger partial charge in [0.15, 0.2) is 0 Å². The molecule has 0 fully saturated rings. The van der Waals surface area contributed by atoms with Gasteiger partial charge in [-0.2, -0.15) is 0 Å². The first-order valence-corrected chi connectivity index (χ1v) is 8.10. The highest BCUT2D eigenvalue weighted by Gasteiger charge is 2.15. The van der Waals surface area contributed by atoms with Gasteiger partial charge in [0.25, 0.3) is 5.91 Å². The first kappa shape index (κ1) is 17.9. The van der Waals surface area contributed by atoms with E-state index in [0.717, 1.165) is 0 Å². The number of aromatic hydroxyl groups is 1. The highest BCUT2D eigenvalue weighted by Crippen LogP contribution is 2.24. The second-order valence-corrected chi connectivity index (χ2v) is 5.72. The van der Waals surface area contributed by atoms with Crippen molar-refractivity contribution in [3.63, 3.8) is 0 Å². The number of rotatable bonds is 5. The molecule has 1 aliphatic rings. The average Bonchev–Trinajstić information content (AvgIpc) is 2.92. The lowest BCUT2D eigenvalue weighted by atomic mass is 10.2. The van der Waals surface area contributed by atoms with E-state index in [1.165, 1.54) is 42.5 Å². The molecule has 3 rings (SSSR count). The van der Waals surface area contributed by atoms with Crippen LogP contribution in [0.15, 0.2) is 84.5 Å². The largest absolute Gasteiger partial charge is 0.508 e. The lowest BCUT2D eigenvalue weighted by molar-refractivity contribution is -0.496. The molecule has 0 saturated heterocycles. The van der Waals surface area contributed by atoms with Crippen LogP contribution in [0.1, 0.15) is 0 Å². The Morgan fingerprint density at radius 2 is 1.67 bits per heavy atom. The molecule has 2 N–H and O–H groups in total. The van der Waals surface area contributed by atoms with Crippen LogP contribution < -0.4 is 10.1 Å². The average molecular weight is 364 g/mol. The van der Waals surface area contributed by atoms with Crippen LogP contribution in [0.25, 0.3) is 0 Å². The van der Waals surface area contributed by atoms with E-state index in [1.807, 2.05) is 0 Å². The van der Waals surface area contributed by atoms with Gasteiger partial charge in [-0.1, -0.05) is 6.08 Å². The Morgan fingerprint density at radius 3 is 2.30 bits per heavy atom. The lowest BCUT2D eigenvalue weighted by Gasteiger charge is -2.08. The topological polar surface area (TPSA) is 102 Å². The van der Waals surface area contributed by atoms with Gasteiger partial charge in [0.05, 0.1) is 0 Å². The van der Waals surface area contributed by atoms with E-state index >= 15 is 0 Å². The molecular formula is C20H16N2O5. The molecule has 0 heterocycles. The minimum Gasteiger partial charge on any atom is -0.508 e. The van der Waals surface area contributed by atoms with E-state index < -0.39 is 11.0 Å². The van der Waals surface area contributed by atoms with Crippen LogP contribution in [0, 0.1) is 10.1 Å². The summed E-state index contributed by atoms with van der Waals surface area (Å²) in [5.41, 5.74) is 0.881. The number of amides is 1. The third kappa shape index (κ3) is 4.82. The van der Waals surface area contributed by atoms with Gasteiger partial charge in [0, 0.05) is 16.2 Å². The summed E-state index contributed by atoms with van der Waals surface area (Å²) < 4.78 is 5.64. The summed E-state index contributed by atoms with van der Waals surface area (Å²) in [4.78, 5) is 22.7. The fraction of sp³-hybridized carbons (Fsp3) is 0.0500. The van der Waals surface area contributed by atoms with Gasteiger partial charge in [0.2, 0.25) is 6.04 Å². The zero-order valence-electron chi connectivity index (χ0n) is 14.1. The quantitative estimate of drug-likeness (QED) is 0.620. The Bertz CT molecular complexity index is 928. The predicted octanol–water partition coefficient (Wildman–Crippen LogP) is 3.82. The second kappa shape index (κ2) is 8.01. The van der Waals surface area contributed by atoms with Gasteiger partial charge < -0.3 is 15.2 Å². The molecule has 27 heavy (non-hydrogen) atoms. The number of anilines is 1.